The van der Waals surface area contributed by atoms with E-state index in [0.29, 0.717) is 5.15 Å². The highest BCUT2D eigenvalue weighted by Gasteiger charge is 2.14. The number of pyridine rings is 1. The molecule has 1 nitrogen and oxygen atoms in total. The molecular weight excluding hydrogens is 310 g/mol. The fourth-order valence-corrected chi connectivity index (χ4v) is 4.71. The second-order valence-corrected chi connectivity index (χ2v) is 6.77. The van der Waals surface area contributed by atoms with Gasteiger partial charge in [-0.1, -0.05) is 66.2 Å². The fraction of sp³-hybridized carbons (Fsp3) is 0. The first-order chi connectivity index (χ1) is 10.8. The third-order valence-corrected chi connectivity index (χ3v) is 5.79. The number of para-hydroxylation sites is 1. The first kappa shape index (κ1) is 12.4. The van der Waals surface area contributed by atoms with Gasteiger partial charge in [-0.3, -0.25) is 0 Å². The van der Waals surface area contributed by atoms with Crippen molar-refractivity contribution in [1.82, 2.24) is 4.98 Å². The second-order valence-electron chi connectivity index (χ2n) is 5.39. The molecule has 0 N–H and O–H groups in total. The molecule has 3 heteroatoms. The molecule has 2 aromatic heterocycles. The average Bonchev–Trinajstić information content (AvgIpc) is 2.96. The lowest BCUT2D eigenvalue weighted by molar-refractivity contribution is 1.45. The topological polar surface area (TPSA) is 12.9 Å². The Bertz CT molecular complexity index is 1190. The van der Waals surface area contributed by atoms with Crippen LogP contribution in [-0.2, 0) is 0 Å². The molecule has 0 aliphatic heterocycles. The van der Waals surface area contributed by atoms with Gasteiger partial charge < -0.3 is 0 Å². The number of rotatable bonds is 0. The predicted molar refractivity (Wildman–Crippen MR) is 97.1 cm³/mol. The minimum Gasteiger partial charge on any atom is -0.235 e. The van der Waals surface area contributed by atoms with Gasteiger partial charge in [0.25, 0.3) is 0 Å². The van der Waals surface area contributed by atoms with E-state index in [1.807, 2.05) is 12.1 Å². The van der Waals surface area contributed by atoms with Crippen molar-refractivity contribution in [1.29, 1.82) is 0 Å². The molecule has 0 atom stereocenters. The smallest absolute Gasteiger partial charge is 0.147 e. The van der Waals surface area contributed by atoms with Crippen molar-refractivity contribution in [2.24, 2.45) is 0 Å². The quantitative estimate of drug-likeness (QED) is 0.300. The van der Waals surface area contributed by atoms with E-state index < -0.39 is 0 Å². The summed E-state index contributed by atoms with van der Waals surface area (Å²) in [5, 5.41) is 6.79. The molecule has 0 unspecified atom stereocenters. The lowest BCUT2D eigenvalue weighted by atomic mass is 10.0. The second kappa shape index (κ2) is 4.42. The van der Waals surface area contributed by atoms with Crippen molar-refractivity contribution >= 4 is 64.8 Å². The molecule has 0 spiro atoms. The molecule has 0 aliphatic rings. The normalized spacial score (nSPS) is 11.9. The van der Waals surface area contributed by atoms with Crippen molar-refractivity contribution < 1.29 is 0 Å². The van der Waals surface area contributed by atoms with Gasteiger partial charge in [0.2, 0.25) is 0 Å². The van der Waals surface area contributed by atoms with E-state index in [1.54, 1.807) is 11.3 Å². The Morgan fingerprint density at radius 1 is 0.727 bits per heavy atom. The van der Waals surface area contributed by atoms with Crippen LogP contribution in [0, 0.1) is 0 Å². The molecule has 0 aliphatic carbocycles. The van der Waals surface area contributed by atoms with Crippen LogP contribution in [-0.4, -0.2) is 4.98 Å². The van der Waals surface area contributed by atoms with Crippen LogP contribution in [0.3, 0.4) is 0 Å². The Labute approximate surface area is 135 Å². The SMILES string of the molecule is Clc1nc2ccccc2c2c1sc1c3ccccc3ccc12. The zero-order chi connectivity index (χ0) is 14.7. The summed E-state index contributed by atoms with van der Waals surface area (Å²) in [6.45, 7) is 0. The maximum atomic E-state index is 6.46. The van der Waals surface area contributed by atoms with E-state index in [1.165, 1.54) is 31.6 Å². The minimum atomic E-state index is 0.596. The fourth-order valence-electron chi connectivity index (χ4n) is 3.18. The van der Waals surface area contributed by atoms with E-state index in [4.69, 9.17) is 11.6 Å². The number of hydrogen-bond acceptors (Lipinski definition) is 2. The molecule has 0 saturated heterocycles. The standard InChI is InChI=1S/C19H10ClNS/c20-19-18-16(13-7-3-4-8-15(13)21-19)14-10-9-11-5-1-2-6-12(11)17(14)22-18/h1-10H. The number of benzene rings is 3. The van der Waals surface area contributed by atoms with Crippen molar-refractivity contribution in [3.05, 3.63) is 65.8 Å². The molecule has 5 rings (SSSR count). The van der Waals surface area contributed by atoms with Gasteiger partial charge in [-0.15, -0.1) is 11.3 Å². The number of fused-ring (bicyclic) bond motifs is 7. The first-order valence-corrected chi connectivity index (χ1v) is 8.30. The molecule has 2 heterocycles. The predicted octanol–water partition coefficient (Wildman–Crippen LogP) is 6.41. The summed E-state index contributed by atoms with van der Waals surface area (Å²) in [6.07, 6.45) is 0. The highest BCUT2D eigenvalue weighted by atomic mass is 35.5. The molecule has 5 aromatic rings. The minimum absolute atomic E-state index is 0.596. The van der Waals surface area contributed by atoms with Gasteiger partial charge in [-0.05, 0) is 16.8 Å². The Morgan fingerprint density at radius 3 is 2.41 bits per heavy atom. The Kier molecular flexibility index (Phi) is 2.49. The Balaban J connectivity index is 2.14. The molecule has 0 radical (unpaired) electrons. The third kappa shape index (κ3) is 1.57. The van der Waals surface area contributed by atoms with E-state index in [9.17, 15) is 0 Å². The summed E-state index contributed by atoms with van der Waals surface area (Å²) in [5.74, 6) is 0. The lowest BCUT2D eigenvalue weighted by Crippen LogP contribution is -1.81. The van der Waals surface area contributed by atoms with Crippen molar-refractivity contribution in [2.45, 2.75) is 0 Å². The van der Waals surface area contributed by atoms with E-state index >= 15 is 0 Å². The number of nitrogens with zero attached hydrogens (tertiary/aromatic N) is 1. The van der Waals surface area contributed by atoms with Gasteiger partial charge in [0.05, 0.1) is 10.2 Å². The number of halogens is 1. The maximum Gasteiger partial charge on any atom is 0.147 e. The lowest BCUT2D eigenvalue weighted by Gasteiger charge is -2.02. The summed E-state index contributed by atoms with van der Waals surface area (Å²) < 4.78 is 2.36. The molecule has 22 heavy (non-hydrogen) atoms. The van der Waals surface area contributed by atoms with E-state index in [2.05, 4.69) is 53.5 Å². The zero-order valence-corrected chi connectivity index (χ0v) is 13.1. The van der Waals surface area contributed by atoms with Crippen molar-refractivity contribution in [2.75, 3.05) is 0 Å². The van der Waals surface area contributed by atoms with Crippen LogP contribution in [0.1, 0.15) is 0 Å². The van der Waals surface area contributed by atoms with Crippen LogP contribution in [0.5, 0.6) is 0 Å². The molecule has 0 fully saturated rings. The Morgan fingerprint density at radius 2 is 1.50 bits per heavy atom. The first-order valence-electron chi connectivity index (χ1n) is 7.11. The molecule has 0 amide bonds. The van der Waals surface area contributed by atoms with Crippen LogP contribution in [0.4, 0.5) is 0 Å². The maximum absolute atomic E-state index is 6.46. The summed E-state index contributed by atoms with van der Waals surface area (Å²) >= 11 is 8.20. The molecular formula is C19H10ClNS. The van der Waals surface area contributed by atoms with Gasteiger partial charge in [-0.2, -0.15) is 0 Å². The van der Waals surface area contributed by atoms with Crippen LogP contribution < -0.4 is 0 Å². The third-order valence-electron chi connectivity index (χ3n) is 4.16. The largest absolute Gasteiger partial charge is 0.235 e. The van der Waals surface area contributed by atoms with Gasteiger partial charge in [-0.25, -0.2) is 4.98 Å². The van der Waals surface area contributed by atoms with Crippen molar-refractivity contribution in [3.63, 3.8) is 0 Å². The van der Waals surface area contributed by atoms with E-state index in [0.717, 1.165) is 10.2 Å². The monoisotopic (exact) mass is 319 g/mol. The number of thiophene rings is 1. The summed E-state index contributed by atoms with van der Waals surface area (Å²) in [7, 11) is 0. The summed E-state index contributed by atoms with van der Waals surface area (Å²) in [6, 6.07) is 21.1. The van der Waals surface area contributed by atoms with Gasteiger partial charge in [0.15, 0.2) is 0 Å². The highest BCUT2D eigenvalue weighted by molar-refractivity contribution is 7.27. The van der Waals surface area contributed by atoms with Crippen LogP contribution in [0.25, 0.3) is 41.8 Å². The molecule has 0 bridgehead atoms. The number of hydrogen-bond donors (Lipinski definition) is 0. The van der Waals surface area contributed by atoms with Gasteiger partial charge in [0.1, 0.15) is 5.15 Å². The molecule has 104 valence electrons. The van der Waals surface area contributed by atoms with Crippen LogP contribution in [0.2, 0.25) is 5.15 Å². The highest BCUT2D eigenvalue weighted by Crippen LogP contribution is 2.43. The van der Waals surface area contributed by atoms with E-state index in [-0.39, 0.29) is 0 Å². The summed E-state index contributed by atoms with van der Waals surface area (Å²) in [4.78, 5) is 4.55. The zero-order valence-electron chi connectivity index (χ0n) is 11.5. The summed E-state index contributed by atoms with van der Waals surface area (Å²) in [5.41, 5.74) is 0.952. The molecule has 0 saturated carbocycles. The van der Waals surface area contributed by atoms with Gasteiger partial charge >= 0.3 is 0 Å². The van der Waals surface area contributed by atoms with Gasteiger partial charge in [0, 0.05) is 20.9 Å². The molecule has 3 aromatic carbocycles. The van der Waals surface area contributed by atoms with Crippen LogP contribution in [0.15, 0.2) is 60.7 Å². The average molecular weight is 320 g/mol. The number of aromatic nitrogens is 1. The Hall–Kier alpha value is -2.16. The van der Waals surface area contributed by atoms with Crippen molar-refractivity contribution in [3.8, 4) is 0 Å². The van der Waals surface area contributed by atoms with Crippen LogP contribution >= 0.6 is 22.9 Å².